The molecular weight excluding hydrogens is 259 g/mol. The van der Waals surface area contributed by atoms with Crippen molar-refractivity contribution in [2.75, 3.05) is 26.2 Å². The number of rotatable bonds is 6. The lowest BCUT2D eigenvalue weighted by Crippen LogP contribution is -2.40. The number of benzene rings is 1. The van der Waals surface area contributed by atoms with Gasteiger partial charge in [-0.3, -0.25) is 4.90 Å². The van der Waals surface area contributed by atoms with Crippen molar-refractivity contribution in [2.45, 2.75) is 31.8 Å². The normalized spacial score (nSPS) is 20.5. The van der Waals surface area contributed by atoms with Crippen LogP contribution in [0.5, 0.6) is 5.75 Å². The number of aliphatic hydroxyl groups excluding tert-OH is 1. The van der Waals surface area contributed by atoms with E-state index in [1.165, 1.54) is 12.5 Å². The van der Waals surface area contributed by atoms with E-state index >= 15 is 0 Å². The summed E-state index contributed by atoms with van der Waals surface area (Å²) in [6.45, 7) is 4.32. The smallest absolute Gasteiger partial charge is 0.131 e. The second kappa shape index (κ2) is 7.02. The van der Waals surface area contributed by atoms with E-state index in [1.807, 2.05) is 6.92 Å². The molecule has 2 unspecified atom stereocenters. The van der Waals surface area contributed by atoms with E-state index < -0.39 is 5.82 Å². The second-order valence-corrected chi connectivity index (χ2v) is 5.39. The summed E-state index contributed by atoms with van der Waals surface area (Å²) in [6.07, 6.45) is 2.28. The first-order valence-corrected chi connectivity index (χ1v) is 7.18. The molecule has 1 saturated heterocycles. The van der Waals surface area contributed by atoms with E-state index in [0.29, 0.717) is 18.2 Å². The van der Waals surface area contributed by atoms with E-state index in [-0.39, 0.29) is 18.4 Å². The van der Waals surface area contributed by atoms with Gasteiger partial charge in [0.15, 0.2) is 0 Å². The maximum Gasteiger partial charge on any atom is 0.131 e. The zero-order chi connectivity index (χ0) is 14.5. The Morgan fingerprint density at radius 3 is 2.90 bits per heavy atom. The van der Waals surface area contributed by atoms with Crippen molar-refractivity contribution in [3.63, 3.8) is 0 Å². The summed E-state index contributed by atoms with van der Waals surface area (Å²) in [5.74, 6) is -0.468. The molecule has 5 heteroatoms. The third kappa shape index (κ3) is 3.69. The van der Waals surface area contributed by atoms with E-state index in [2.05, 4.69) is 10.2 Å². The SMILES string of the molecule is CC(c1ccc(O)cc1F)N(CCO)CC1CCCN1. The minimum absolute atomic E-state index is 0.0523. The fraction of sp³-hybridized carbons (Fsp3) is 0.600. The van der Waals surface area contributed by atoms with Gasteiger partial charge in [0.1, 0.15) is 11.6 Å². The van der Waals surface area contributed by atoms with Gasteiger partial charge in [-0.1, -0.05) is 6.07 Å². The zero-order valence-corrected chi connectivity index (χ0v) is 11.8. The molecule has 0 bridgehead atoms. The lowest BCUT2D eigenvalue weighted by Gasteiger charge is -2.31. The van der Waals surface area contributed by atoms with Crippen molar-refractivity contribution >= 4 is 0 Å². The molecular formula is C15H23FN2O2. The topological polar surface area (TPSA) is 55.7 Å². The molecule has 1 aromatic rings. The van der Waals surface area contributed by atoms with Crippen molar-refractivity contribution in [3.05, 3.63) is 29.6 Å². The summed E-state index contributed by atoms with van der Waals surface area (Å²) in [5.41, 5.74) is 0.550. The molecule has 4 nitrogen and oxygen atoms in total. The number of hydrogen-bond donors (Lipinski definition) is 3. The van der Waals surface area contributed by atoms with Gasteiger partial charge in [0, 0.05) is 36.8 Å². The van der Waals surface area contributed by atoms with Gasteiger partial charge in [-0.15, -0.1) is 0 Å². The van der Waals surface area contributed by atoms with Gasteiger partial charge >= 0.3 is 0 Å². The molecule has 1 aliphatic rings. The number of nitrogens with one attached hydrogen (secondary N) is 1. The maximum atomic E-state index is 14.0. The molecule has 0 saturated carbocycles. The molecule has 0 aromatic heterocycles. The molecule has 1 heterocycles. The highest BCUT2D eigenvalue weighted by molar-refractivity contribution is 5.29. The molecule has 0 spiro atoms. The van der Waals surface area contributed by atoms with Crippen LogP contribution < -0.4 is 5.32 Å². The lowest BCUT2D eigenvalue weighted by atomic mass is 10.0. The third-order valence-electron chi connectivity index (χ3n) is 3.99. The van der Waals surface area contributed by atoms with Gasteiger partial charge in [0.05, 0.1) is 6.61 Å². The van der Waals surface area contributed by atoms with E-state index in [9.17, 15) is 14.6 Å². The summed E-state index contributed by atoms with van der Waals surface area (Å²) in [6, 6.07) is 4.52. The predicted octanol–water partition coefficient (Wildman–Crippen LogP) is 1.64. The molecule has 0 radical (unpaired) electrons. The van der Waals surface area contributed by atoms with Gasteiger partial charge in [-0.2, -0.15) is 0 Å². The highest BCUT2D eigenvalue weighted by atomic mass is 19.1. The van der Waals surface area contributed by atoms with Crippen LogP contribution in [-0.2, 0) is 0 Å². The lowest BCUT2D eigenvalue weighted by molar-refractivity contribution is 0.145. The average molecular weight is 282 g/mol. The minimum atomic E-state index is -0.403. The van der Waals surface area contributed by atoms with Crippen LogP contribution in [-0.4, -0.2) is 47.4 Å². The van der Waals surface area contributed by atoms with Crippen LogP contribution >= 0.6 is 0 Å². The summed E-state index contributed by atoms with van der Waals surface area (Å²) >= 11 is 0. The standard InChI is InChI=1S/C15H23FN2O2/c1-11(14-5-4-13(20)9-15(14)16)18(7-8-19)10-12-3-2-6-17-12/h4-5,9,11-12,17,19-20H,2-3,6-8,10H2,1H3. The number of halogens is 1. The highest BCUT2D eigenvalue weighted by Crippen LogP contribution is 2.26. The van der Waals surface area contributed by atoms with Crippen molar-refractivity contribution in [1.29, 1.82) is 0 Å². The van der Waals surface area contributed by atoms with Gasteiger partial charge in [0.25, 0.3) is 0 Å². The van der Waals surface area contributed by atoms with Crippen molar-refractivity contribution < 1.29 is 14.6 Å². The Kier molecular flexibility index (Phi) is 5.34. The van der Waals surface area contributed by atoms with Gasteiger partial charge in [0.2, 0.25) is 0 Å². The Morgan fingerprint density at radius 2 is 2.30 bits per heavy atom. The maximum absolute atomic E-state index is 14.0. The first kappa shape index (κ1) is 15.2. The summed E-state index contributed by atoms with van der Waals surface area (Å²) in [7, 11) is 0. The van der Waals surface area contributed by atoms with Crippen LogP contribution in [0.2, 0.25) is 0 Å². The van der Waals surface area contributed by atoms with E-state index in [0.717, 1.165) is 25.6 Å². The molecule has 2 rings (SSSR count). The molecule has 3 N–H and O–H groups in total. The van der Waals surface area contributed by atoms with Gasteiger partial charge in [-0.25, -0.2) is 4.39 Å². The van der Waals surface area contributed by atoms with Gasteiger partial charge < -0.3 is 15.5 Å². The van der Waals surface area contributed by atoms with Crippen molar-refractivity contribution in [3.8, 4) is 5.75 Å². The van der Waals surface area contributed by atoms with Crippen molar-refractivity contribution in [1.82, 2.24) is 10.2 Å². The Morgan fingerprint density at radius 1 is 1.50 bits per heavy atom. The highest BCUT2D eigenvalue weighted by Gasteiger charge is 2.23. The van der Waals surface area contributed by atoms with Crippen LogP contribution in [0.1, 0.15) is 31.4 Å². The predicted molar refractivity (Wildman–Crippen MR) is 76.2 cm³/mol. The number of aromatic hydroxyl groups is 1. The third-order valence-corrected chi connectivity index (χ3v) is 3.99. The molecule has 1 aromatic carbocycles. The van der Waals surface area contributed by atoms with Crippen molar-refractivity contribution in [2.24, 2.45) is 0 Å². The Hall–Kier alpha value is -1.17. The molecule has 20 heavy (non-hydrogen) atoms. The molecule has 1 fully saturated rings. The van der Waals surface area contributed by atoms with Gasteiger partial charge in [-0.05, 0) is 32.4 Å². The van der Waals surface area contributed by atoms with Crippen LogP contribution in [0.3, 0.4) is 0 Å². The number of nitrogens with zero attached hydrogens (tertiary/aromatic N) is 1. The number of hydrogen-bond acceptors (Lipinski definition) is 4. The quantitative estimate of drug-likeness (QED) is 0.742. The molecule has 0 aliphatic carbocycles. The summed E-state index contributed by atoms with van der Waals surface area (Å²) < 4.78 is 14.0. The fourth-order valence-corrected chi connectivity index (χ4v) is 2.82. The summed E-state index contributed by atoms with van der Waals surface area (Å²) in [5, 5.41) is 21.9. The Balaban J connectivity index is 2.10. The minimum Gasteiger partial charge on any atom is -0.508 e. The molecule has 0 amide bonds. The first-order valence-electron chi connectivity index (χ1n) is 7.18. The Labute approximate surface area is 119 Å². The molecule has 1 aliphatic heterocycles. The van der Waals surface area contributed by atoms with Crippen LogP contribution in [0.25, 0.3) is 0 Å². The monoisotopic (exact) mass is 282 g/mol. The summed E-state index contributed by atoms with van der Waals surface area (Å²) in [4.78, 5) is 2.08. The van der Waals surface area contributed by atoms with E-state index in [4.69, 9.17) is 0 Å². The zero-order valence-electron chi connectivity index (χ0n) is 11.8. The second-order valence-electron chi connectivity index (χ2n) is 5.39. The van der Waals surface area contributed by atoms with E-state index in [1.54, 1.807) is 6.07 Å². The first-order chi connectivity index (χ1) is 9.61. The Bertz CT molecular complexity index is 436. The average Bonchev–Trinajstić information content (AvgIpc) is 2.90. The van der Waals surface area contributed by atoms with Crippen LogP contribution in [0, 0.1) is 5.82 Å². The number of phenols is 1. The number of aliphatic hydroxyl groups is 1. The fourth-order valence-electron chi connectivity index (χ4n) is 2.82. The van der Waals surface area contributed by atoms with Crippen LogP contribution in [0.4, 0.5) is 4.39 Å². The van der Waals surface area contributed by atoms with Crippen LogP contribution in [0.15, 0.2) is 18.2 Å². The largest absolute Gasteiger partial charge is 0.508 e. The molecule has 112 valence electrons. The molecule has 2 atom stereocenters. The number of phenolic OH excluding ortho intramolecular Hbond substituents is 1.